The Morgan fingerprint density at radius 3 is 2.31 bits per heavy atom. The molecule has 0 atom stereocenters. The van der Waals surface area contributed by atoms with Crippen LogP contribution in [0.5, 0.6) is 11.5 Å². The van der Waals surface area contributed by atoms with Crippen molar-refractivity contribution >= 4 is 39.4 Å². The predicted octanol–water partition coefficient (Wildman–Crippen LogP) is 5.27. The molecule has 0 aliphatic rings. The maximum Gasteiger partial charge on any atom is 0.264 e. The number of rotatable bonds is 11. The molecule has 4 aromatic carbocycles. The predicted molar refractivity (Wildman–Crippen MR) is 152 cm³/mol. The molecular formula is C29H26ClN3O5S. The summed E-state index contributed by atoms with van der Waals surface area (Å²) < 4.78 is 39.0. The number of sulfonamides is 1. The van der Waals surface area contributed by atoms with E-state index < -0.39 is 22.5 Å². The van der Waals surface area contributed by atoms with Crippen LogP contribution in [-0.4, -0.2) is 34.2 Å². The highest BCUT2D eigenvalue weighted by Crippen LogP contribution is 2.32. The minimum absolute atomic E-state index is 0.0454. The molecular weight excluding hydrogens is 538 g/mol. The van der Waals surface area contributed by atoms with Gasteiger partial charge in [0, 0.05) is 10.6 Å². The highest BCUT2D eigenvalue weighted by atomic mass is 35.5. The first kappa shape index (κ1) is 27.7. The highest BCUT2D eigenvalue weighted by molar-refractivity contribution is 7.92. The highest BCUT2D eigenvalue weighted by Gasteiger charge is 2.29. The second-order valence-electron chi connectivity index (χ2n) is 8.24. The molecule has 0 unspecified atom stereocenters. The summed E-state index contributed by atoms with van der Waals surface area (Å²) in [5.74, 6) is 0.330. The second-order valence-corrected chi connectivity index (χ2v) is 10.5. The molecule has 8 nitrogen and oxygen atoms in total. The van der Waals surface area contributed by atoms with Gasteiger partial charge >= 0.3 is 0 Å². The number of hydrazone groups is 1. The molecule has 0 aromatic heterocycles. The van der Waals surface area contributed by atoms with Crippen LogP contribution in [-0.2, 0) is 21.4 Å². The third kappa shape index (κ3) is 7.16. The fourth-order valence-corrected chi connectivity index (χ4v) is 5.27. The van der Waals surface area contributed by atoms with Crippen LogP contribution in [0.15, 0.2) is 113 Å². The number of carbonyl (C=O) groups excluding carboxylic acids is 1. The van der Waals surface area contributed by atoms with E-state index in [1.807, 2.05) is 18.2 Å². The van der Waals surface area contributed by atoms with Crippen LogP contribution in [0.25, 0.3) is 0 Å². The number of methoxy groups -OCH3 is 1. The molecule has 1 amide bonds. The first-order chi connectivity index (χ1) is 18.9. The molecule has 10 heteroatoms. The van der Waals surface area contributed by atoms with Crippen LogP contribution in [0, 0.1) is 0 Å². The van der Waals surface area contributed by atoms with Crippen molar-refractivity contribution in [2.45, 2.75) is 11.5 Å². The number of hydrogen-bond acceptors (Lipinski definition) is 6. The van der Waals surface area contributed by atoms with E-state index in [0.717, 1.165) is 9.87 Å². The van der Waals surface area contributed by atoms with E-state index in [1.54, 1.807) is 72.8 Å². The summed E-state index contributed by atoms with van der Waals surface area (Å²) in [6.07, 6.45) is 1.45. The molecule has 4 rings (SSSR count). The summed E-state index contributed by atoms with van der Waals surface area (Å²) in [7, 11) is -2.64. The number of para-hydroxylation sites is 2. The van der Waals surface area contributed by atoms with Gasteiger partial charge in [-0.15, -0.1) is 0 Å². The zero-order chi connectivity index (χ0) is 27.7. The Morgan fingerprint density at radius 1 is 0.923 bits per heavy atom. The average Bonchev–Trinajstić information content (AvgIpc) is 2.96. The molecule has 0 spiro atoms. The number of nitrogens with one attached hydrogen (secondary N) is 1. The number of halogens is 1. The Bertz CT molecular complexity index is 1540. The number of nitrogens with zero attached hydrogens (tertiary/aromatic N) is 2. The molecule has 39 heavy (non-hydrogen) atoms. The molecule has 0 fully saturated rings. The average molecular weight is 564 g/mol. The lowest BCUT2D eigenvalue weighted by Gasteiger charge is -2.25. The van der Waals surface area contributed by atoms with Crippen molar-refractivity contribution in [2.24, 2.45) is 5.10 Å². The summed E-state index contributed by atoms with van der Waals surface area (Å²) in [6.45, 7) is -0.179. The van der Waals surface area contributed by atoms with E-state index in [4.69, 9.17) is 21.1 Å². The van der Waals surface area contributed by atoms with Crippen molar-refractivity contribution in [1.82, 2.24) is 5.43 Å². The first-order valence-corrected chi connectivity index (χ1v) is 13.7. The molecule has 0 heterocycles. The minimum Gasteiger partial charge on any atom is -0.495 e. The van der Waals surface area contributed by atoms with Crippen LogP contribution in [0.3, 0.4) is 0 Å². The van der Waals surface area contributed by atoms with Gasteiger partial charge in [0.2, 0.25) is 0 Å². The van der Waals surface area contributed by atoms with Crippen LogP contribution < -0.4 is 19.2 Å². The topological polar surface area (TPSA) is 97.3 Å². The molecule has 0 aliphatic heterocycles. The third-order valence-corrected chi connectivity index (χ3v) is 7.75. The molecule has 0 radical (unpaired) electrons. The molecule has 1 N–H and O–H groups in total. The number of ether oxygens (including phenoxy) is 2. The first-order valence-electron chi connectivity index (χ1n) is 11.9. The summed E-state index contributed by atoms with van der Waals surface area (Å²) in [6, 6.07) is 29.0. The van der Waals surface area contributed by atoms with Gasteiger partial charge in [-0.25, -0.2) is 13.8 Å². The monoisotopic (exact) mass is 563 g/mol. The van der Waals surface area contributed by atoms with Crippen molar-refractivity contribution in [3.8, 4) is 11.5 Å². The zero-order valence-electron chi connectivity index (χ0n) is 21.0. The van der Waals surface area contributed by atoms with Gasteiger partial charge in [-0.05, 0) is 60.2 Å². The van der Waals surface area contributed by atoms with Gasteiger partial charge in [-0.2, -0.15) is 5.10 Å². The Kier molecular flexibility index (Phi) is 9.19. The Labute approximate surface area is 232 Å². The van der Waals surface area contributed by atoms with Crippen LogP contribution in [0.1, 0.15) is 11.1 Å². The lowest BCUT2D eigenvalue weighted by molar-refractivity contribution is -0.119. The normalized spacial score (nSPS) is 11.2. The number of hydrogen-bond donors (Lipinski definition) is 1. The van der Waals surface area contributed by atoms with Gasteiger partial charge in [0.15, 0.2) is 0 Å². The number of benzene rings is 4. The maximum absolute atomic E-state index is 13.5. The van der Waals surface area contributed by atoms with Gasteiger partial charge < -0.3 is 9.47 Å². The summed E-state index contributed by atoms with van der Waals surface area (Å²) in [5.41, 5.74) is 4.22. The minimum atomic E-state index is -4.07. The second kappa shape index (κ2) is 12.9. The van der Waals surface area contributed by atoms with E-state index >= 15 is 0 Å². The van der Waals surface area contributed by atoms with Crippen molar-refractivity contribution < 1.29 is 22.7 Å². The third-order valence-electron chi connectivity index (χ3n) is 5.61. The SMILES string of the molecule is COc1ccccc1N(CC(=O)N/N=C\c1ccc(OCc2ccccc2Cl)cc1)S(=O)(=O)c1ccccc1. The van der Waals surface area contributed by atoms with Gasteiger partial charge in [-0.1, -0.05) is 60.1 Å². The van der Waals surface area contributed by atoms with E-state index in [9.17, 15) is 13.2 Å². The zero-order valence-corrected chi connectivity index (χ0v) is 22.6. The number of amides is 1. The smallest absolute Gasteiger partial charge is 0.264 e. The van der Waals surface area contributed by atoms with Crippen molar-refractivity contribution in [3.63, 3.8) is 0 Å². The van der Waals surface area contributed by atoms with Gasteiger partial charge in [-0.3, -0.25) is 9.10 Å². The van der Waals surface area contributed by atoms with Crippen LogP contribution >= 0.6 is 11.6 Å². The molecule has 4 aromatic rings. The lowest BCUT2D eigenvalue weighted by Crippen LogP contribution is -2.39. The molecule has 0 bridgehead atoms. The Morgan fingerprint density at radius 2 is 1.59 bits per heavy atom. The molecule has 200 valence electrons. The fourth-order valence-electron chi connectivity index (χ4n) is 3.63. The van der Waals surface area contributed by atoms with Crippen molar-refractivity contribution in [2.75, 3.05) is 18.0 Å². The van der Waals surface area contributed by atoms with E-state index in [1.165, 1.54) is 25.5 Å². The largest absolute Gasteiger partial charge is 0.495 e. The standard InChI is InChI=1S/C29H26ClN3O5S/c1-37-28-14-8-7-13-27(28)33(39(35,36)25-10-3-2-4-11-25)20-29(34)32-31-19-22-15-17-24(18-16-22)38-21-23-9-5-6-12-26(23)30/h2-19H,20-21H2,1H3,(H,32,34)/b31-19-. The molecule has 0 aliphatic carbocycles. The van der Waals surface area contributed by atoms with Crippen LogP contribution in [0.4, 0.5) is 5.69 Å². The fraction of sp³-hybridized carbons (Fsp3) is 0.103. The van der Waals surface area contributed by atoms with E-state index in [0.29, 0.717) is 28.7 Å². The quantitative estimate of drug-likeness (QED) is 0.198. The van der Waals surface area contributed by atoms with Gasteiger partial charge in [0.1, 0.15) is 24.7 Å². The number of anilines is 1. The van der Waals surface area contributed by atoms with Gasteiger partial charge in [0.25, 0.3) is 15.9 Å². The Balaban J connectivity index is 1.42. The van der Waals surface area contributed by atoms with Crippen molar-refractivity contribution in [1.29, 1.82) is 0 Å². The van der Waals surface area contributed by atoms with E-state index in [-0.39, 0.29) is 10.6 Å². The Hall–Kier alpha value is -4.34. The van der Waals surface area contributed by atoms with Gasteiger partial charge in [0.05, 0.1) is 23.9 Å². The molecule has 0 saturated heterocycles. The summed E-state index contributed by atoms with van der Waals surface area (Å²) in [5, 5.41) is 4.62. The summed E-state index contributed by atoms with van der Waals surface area (Å²) in [4.78, 5) is 12.8. The summed E-state index contributed by atoms with van der Waals surface area (Å²) >= 11 is 6.16. The lowest BCUT2D eigenvalue weighted by atomic mass is 10.2. The number of carbonyl (C=O) groups is 1. The van der Waals surface area contributed by atoms with Crippen molar-refractivity contribution in [3.05, 3.63) is 119 Å². The molecule has 0 saturated carbocycles. The maximum atomic E-state index is 13.5. The van der Waals surface area contributed by atoms with E-state index in [2.05, 4.69) is 10.5 Å². The van der Waals surface area contributed by atoms with Crippen LogP contribution in [0.2, 0.25) is 5.02 Å².